The van der Waals surface area contributed by atoms with E-state index in [9.17, 15) is 0 Å². The molecule has 0 spiro atoms. The first-order valence-corrected chi connectivity index (χ1v) is 7.77. The minimum absolute atomic E-state index is 0.753. The molecule has 0 aromatic heterocycles. The Balaban J connectivity index is 2.00. The summed E-state index contributed by atoms with van der Waals surface area (Å²) in [5.41, 5.74) is 3.56. The molecule has 0 aliphatic carbocycles. The van der Waals surface area contributed by atoms with Crippen LogP contribution in [0.4, 0.5) is 0 Å². The molecule has 2 rings (SSSR count). The molecule has 0 radical (unpaired) electrons. The van der Waals surface area contributed by atoms with Gasteiger partial charge in [-0.2, -0.15) is 0 Å². The Hall–Kier alpha value is -2.04. The molecule has 0 saturated heterocycles. The third kappa shape index (κ3) is 4.98. The molecule has 124 valence electrons. The second-order valence-electron chi connectivity index (χ2n) is 5.80. The molecule has 0 amide bonds. The standard InChI is InChI=1S/C19H26N2O2/c1-21(2)14-15-9-10-17(19(11-15)23-4)13-20-12-16-7-5-6-8-18(16)22-3/h5-11,20H,12-14H2,1-4H3. The number of ether oxygens (including phenoxy) is 2. The highest BCUT2D eigenvalue weighted by Gasteiger charge is 2.06. The lowest BCUT2D eigenvalue weighted by atomic mass is 10.1. The third-order valence-corrected chi connectivity index (χ3v) is 3.67. The number of nitrogens with one attached hydrogen (secondary N) is 1. The van der Waals surface area contributed by atoms with E-state index in [1.165, 1.54) is 5.56 Å². The van der Waals surface area contributed by atoms with Crippen molar-refractivity contribution >= 4 is 0 Å². The Morgan fingerprint density at radius 3 is 2.17 bits per heavy atom. The van der Waals surface area contributed by atoms with Gasteiger partial charge in [0.15, 0.2) is 0 Å². The maximum absolute atomic E-state index is 5.53. The Morgan fingerprint density at radius 1 is 0.870 bits per heavy atom. The zero-order valence-corrected chi connectivity index (χ0v) is 14.4. The van der Waals surface area contributed by atoms with E-state index in [0.717, 1.165) is 42.3 Å². The maximum Gasteiger partial charge on any atom is 0.123 e. The van der Waals surface area contributed by atoms with Gasteiger partial charge in [0.1, 0.15) is 11.5 Å². The van der Waals surface area contributed by atoms with E-state index in [1.54, 1.807) is 14.2 Å². The fraction of sp³-hybridized carbons (Fsp3) is 0.368. The van der Waals surface area contributed by atoms with Crippen LogP contribution in [0.25, 0.3) is 0 Å². The van der Waals surface area contributed by atoms with Gasteiger partial charge in [-0.15, -0.1) is 0 Å². The van der Waals surface area contributed by atoms with Crippen LogP contribution in [0.1, 0.15) is 16.7 Å². The fourth-order valence-corrected chi connectivity index (χ4v) is 2.58. The van der Waals surface area contributed by atoms with Crippen molar-refractivity contribution in [3.8, 4) is 11.5 Å². The molecule has 1 N–H and O–H groups in total. The Labute approximate surface area is 139 Å². The van der Waals surface area contributed by atoms with Crippen LogP contribution in [0.2, 0.25) is 0 Å². The van der Waals surface area contributed by atoms with Crippen LogP contribution in [-0.4, -0.2) is 33.2 Å². The number of rotatable bonds is 8. The maximum atomic E-state index is 5.53. The van der Waals surface area contributed by atoms with Crippen LogP contribution in [0.15, 0.2) is 42.5 Å². The smallest absolute Gasteiger partial charge is 0.123 e. The lowest BCUT2D eigenvalue weighted by Gasteiger charge is -2.14. The lowest BCUT2D eigenvalue weighted by molar-refractivity contribution is 0.392. The highest BCUT2D eigenvalue weighted by molar-refractivity contribution is 5.38. The molecule has 0 atom stereocenters. The summed E-state index contributed by atoms with van der Waals surface area (Å²) in [5.74, 6) is 1.84. The molecule has 2 aromatic carbocycles. The topological polar surface area (TPSA) is 33.7 Å². The largest absolute Gasteiger partial charge is 0.496 e. The van der Waals surface area contributed by atoms with Gasteiger partial charge in [0, 0.05) is 30.8 Å². The Bertz CT molecular complexity index is 627. The molecule has 0 fully saturated rings. The fourth-order valence-electron chi connectivity index (χ4n) is 2.58. The van der Waals surface area contributed by atoms with Gasteiger partial charge in [-0.05, 0) is 31.8 Å². The first-order chi connectivity index (χ1) is 11.1. The monoisotopic (exact) mass is 314 g/mol. The molecule has 2 aromatic rings. The van der Waals surface area contributed by atoms with Crippen molar-refractivity contribution < 1.29 is 9.47 Å². The first-order valence-electron chi connectivity index (χ1n) is 7.77. The summed E-state index contributed by atoms with van der Waals surface area (Å²) >= 11 is 0. The van der Waals surface area contributed by atoms with Gasteiger partial charge in [-0.1, -0.05) is 30.3 Å². The number of hydrogen-bond acceptors (Lipinski definition) is 4. The summed E-state index contributed by atoms with van der Waals surface area (Å²) in [4.78, 5) is 2.15. The third-order valence-electron chi connectivity index (χ3n) is 3.67. The first kappa shape index (κ1) is 17.3. The van der Waals surface area contributed by atoms with Gasteiger partial charge >= 0.3 is 0 Å². The summed E-state index contributed by atoms with van der Waals surface area (Å²) in [5, 5.41) is 3.46. The molecule has 23 heavy (non-hydrogen) atoms. The molecular weight excluding hydrogens is 288 g/mol. The van der Waals surface area contributed by atoms with E-state index < -0.39 is 0 Å². The van der Waals surface area contributed by atoms with Gasteiger partial charge in [-0.25, -0.2) is 0 Å². The van der Waals surface area contributed by atoms with E-state index >= 15 is 0 Å². The average Bonchev–Trinajstić information content (AvgIpc) is 2.55. The van der Waals surface area contributed by atoms with E-state index in [0.29, 0.717) is 0 Å². The highest BCUT2D eigenvalue weighted by atomic mass is 16.5. The van der Waals surface area contributed by atoms with Crippen LogP contribution >= 0.6 is 0 Å². The second kappa shape index (κ2) is 8.56. The minimum Gasteiger partial charge on any atom is -0.496 e. The van der Waals surface area contributed by atoms with Gasteiger partial charge < -0.3 is 19.7 Å². The molecule has 4 heteroatoms. The Kier molecular flexibility index (Phi) is 6.44. The molecule has 0 aliphatic rings. The van der Waals surface area contributed by atoms with E-state index in [-0.39, 0.29) is 0 Å². The van der Waals surface area contributed by atoms with Crippen LogP contribution < -0.4 is 14.8 Å². The van der Waals surface area contributed by atoms with Crippen LogP contribution in [0, 0.1) is 0 Å². The molecule has 4 nitrogen and oxygen atoms in total. The zero-order valence-electron chi connectivity index (χ0n) is 14.4. The van der Waals surface area contributed by atoms with Crippen molar-refractivity contribution in [2.45, 2.75) is 19.6 Å². The number of para-hydroxylation sites is 1. The van der Waals surface area contributed by atoms with Crippen molar-refractivity contribution in [1.82, 2.24) is 10.2 Å². The van der Waals surface area contributed by atoms with Gasteiger partial charge in [0.05, 0.1) is 14.2 Å². The Morgan fingerprint density at radius 2 is 1.52 bits per heavy atom. The van der Waals surface area contributed by atoms with Crippen molar-refractivity contribution in [3.63, 3.8) is 0 Å². The highest BCUT2D eigenvalue weighted by Crippen LogP contribution is 2.22. The molecule has 0 aliphatic heterocycles. The summed E-state index contributed by atoms with van der Waals surface area (Å²) in [7, 11) is 7.55. The second-order valence-corrected chi connectivity index (χ2v) is 5.80. The quantitative estimate of drug-likeness (QED) is 0.812. The van der Waals surface area contributed by atoms with E-state index in [2.05, 4.69) is 48.6 Å². The number of benzene rings is 2. The number of methoxy groups -OCH3 is 2. The predicted molar refractivity (Wildman–Crippen MR) is 93.9 cm³/mol. The van der Waals surface area contributed by atoms with Crippen molar-refractivity contribution in [3.05, 3.63) is 59.2 Å². The zero-order chi connectivity index (χ0) is 16.7. The van der Waals surface area contributed by atoms with Gasteiger partial charge in [0.25, 0.3) is 0 Å². The van der Waals surface area contributed by atoms with Crippen LogP contribution in [0.5, 0.6) is 11.5 Å². The van der Waals surface area contributed by atoms with Crippen LogP contribution in [-0.2, 0) is 19.6 Å². The molecule has 0 saturated carbocycles. The van der Waals surface area contributed by atoms with E-state index in [1.807, 2.05) is 18.2 Å². The number of nitrogens with zero attached hydrogens (tertiary/aromatic N) is 1. The van der Waals surface area contributed by atoms with Crippen molar-refractivity contribution in [2.24, 2.45) is 0 Å². The molecule has 0 bridgehead atoms. The SMILES string of the molecule is COc1ccccc1CNCc1ccc(CN(C)C)cc1OC. The minimum atomic E-state index is 0.753. The summed E-state index contributed by atoms with van der Waals surface area (Å²) in [6.45, 7) is 2.42. The molecular formula is C19H26N2O2. The summed E-state index contributed by atoms with van der Waals surface area (Å²) in [6, 6.07) is 14.5. The number of hydrogen-bond donors (Lipinski definition) is 1. The van der Waals surface area contributed by atoms with Crippen molar-refractivity contribution in [1.29, 1.82) is 0 Å². The van der Waals surface area contributed by atoms with Crippen molar-refractivity contribution in [2.75, 3.05) is 28.3 Å². The van der Waals surface area contributed by atoms with E-state index in [4.69, 9.17) is 9.47 Å². The molecule has 0 heterocycles. The predicted octanol–water partition coefficient (Wildman–Crippen LogP) is 3.06. The molecule has 0 unspecified atom stereocenters. The van der Waals surface area contributed by atoms with Crippen LogP contribution in [0.3, 0.4) is 0 Å². The van der Waals surface area contributed by atoms with Gasteiger partial charge in [0.2, 0.25) is 0 Å². The summed E-state index contributed by atoms with van der Waals surface area (Å²) in [6.07, 6.45) is 0. The average molecular weight is 314 g/mol. The normalized spacial score (nSPS) is 10.8. The summed E-state index contributed by atoms with van der Waals surface area (Å²) < 4.78 is 10.9. The van der Waals surface area contributed by atoms with Gasteiger partial charge in [-0.3, -0.25) is 0 Å². The lowest BCUT2D eigenvalue weighted by Crippen LogP contribution is -2.15.